The number of thioether (sulfide) groups is 1. The smallest absolute Gasteiger partial charge is 0.313 e. The fourth-order valence-corrected chi connectivity index (χ4v) is 1.47. The number of hydrogen-bond acceptors (Lipinski definition) is 3. The van der Waals surface area contributed by atoms with E-state index in [1.54, 1.807) is 11.9 Å². The lowest BCUT2D eigenvalue weighted by Crippen LogP contribution is -2.29. The van der Waals surface area contributed by atoms with E-state index in [9.17, 15) is 9.59 Å². The highest BCUT2D eigenvalue weighted by atomic mass is 32.2. The van der Waals surface area contributed by atoms with Crippen molar-refractivity contribution >= 4 is 23.6 Å². The molecule has 0 aliphatic heterocycles. The van der Waals surface area contributed by atoms with Gasteiger partial charge in [-0.3, -0.25) is 9.59 Å². The monoisotopic (exact) mass is 205 g/mol. The molecule has 13 heavy (non-hydrogen) atoms. The van der Waals surface area contributed by atoms with E-state index in [4.69, 9.17) is 5.11 Å². The van der Waals surface area contributed by atoms with Crippen LogP contribution in [-0.4, -0.2) is 47.0 Å². The van der Waals surface area contributed by atoms with E-state index in [1.807, 2.05) is 6.92 Å². The minimum absolute atomic E-state index is 0.00639. The van der Waals surface area contributed by atoms with E-state index in [0.29, 0.717) is 0 Å². The highest BCUT2D eigenvalue weighted by molar-refractivity contribution is 8.00. The molecule has 0 fully saturated rings. The summed E-state index contributed by atoms with van der Waals surface area (Å²) < 4.78 is 0. The normalized spacial score (nSPS) is 9.69. The Morgan fingerprint density at radius 3 is 2.46 bits per heavy atom. The quantitative estimate of drug-likeness (QED) is 0.692. The summed E-state index contributed by atoms with van der Waals surface area (Å²) in [5.41, 5.74) is 0. The highest BCUT2D eigenvalue weighted by Gasteiger charge is 2.08. The van der Waals surface area contributed by atoms with Crippen LogP contribution in [0.4, 0.5) is 0 Å². The lowest BCUT2D eigenvalue weighted by molar-refractivity contribution is -0.133. The molecule has 0 radical (unpaired) electrons. The molecule has 0 heterocycles. The summed E-state index contributed by atoms with van der Waals surface area (Å²) in [5, 5.41) is 8.32. The second-order valence-electron chi connectivity index (χ2n) is 2.70. The van der Waals surface area contributed by atoms with Gasteiger partial charge in [0.2, 0.25) is 5.91 Å². The van der Waals surface area contributed by atoms with Crippen LogP contribution in [0.15, 0.2) is 0 Å². The summed E-state index contributed by atoms with van der Waals surface area (Å²) >= 11 is 1.13. The predicted octanol–water partition coefficient (Wildman–Crippen LogP) is 0.673. The molecule has 0 saturated carbocycles. The van der Waals surface area contributed by atoms with Crippen LogP contribution < -0.4 is 0 Å². The largest absolute Gasteiger partial charge is 0.481 e. The maximum Gasteiger partial charge on any atom is 0.313 e. The van der Waals surface area contributed by atoms with E-state index in [2.05, 4.69) is 0 Å². The van der Waals surface area contributed by atoms with Gasteiger partial charge in [-0.2, -0.15) is 0 Å². The van der Waals surface area contributed by atoms with Crippen molar-refractivity contribution in [3.8, 4) is 0 Å². The number of carbonyl (C=O) groups excluding carboxylic acids is 1. The number of amides is 1. The molecule has 0 aromatic heterocycles. The number of carboxylic acid groups (broad SMARTS) is 1. The predicted molar refractivity (Wildman–Crippen MR) is 52.9 cm³/mol. The topological polar surface area (TPSA) is 57.6 Å². The summed E-state index contributed by atoms with van der Waals surface area (Å²) in [7, 11) is 1.73. The average Bonchev–Trinajstić information content (AvgIpc) is 2.04. The molecule has 76 valence electrons. The molecular weight excluding hydrogens is 190 g/mol. The zero-order chi connectivity index (χ0) is 10.3. The molecule has 1 N–H and O–H groups in total. The van der Waals surface area contributed by atoms with Gasteiger partial charge in [-0.25, -0.2) is 0 Å². The minimum Gasteiger partial charge on any atom is -0.481 e. The van der Waals surface area contributed by atoms with Crippen LogP contribution in [-0.2, 0) is 9.59 Å². The van der Waals surface area contributed by atoms with Crippen molar-refractivity contribution < 1.29 is 14.7 Å². The first-order chi connectivity index (χ1) is 6.07. The molecule has 0 unspecified atom stereocenters. The van der Waals surface area contributed by atoms with Gasteiger partial charge in [-0.05, 0) is 6.42 Å². The Balaban J connectivity index is 3.55. The van der Waals surface area contributed by atoms with Crippen molar-refractivity contribution in [1.29, 1.82) is 0 Å². The van der Waals surface area contributed by atoms with Crippen LogP contribution >= 0.6 is 11.8 Å². The first kappa shape index (κ1) is 12.3. The lowest BCUT2D eigenvalue weighted by atomic mass is 10.4. The molecular formula is C8H15NO3S. The van der Waals surface area contributed by atoms with Crippen LogP contribution in [0, 0.1) is 0 Å². The van der Waals surface area contributed by atoms with Gasteiger partial charge in [0, 0.05) is 13.6 Å². The Morgan fingerprint density at radius 2 is 2.00 bits per heavy atom. The third kappa shape index (κ3) is 6.45. The van der Waals surface area contributed by atoms with Gasteiger partial charge in [-0.15, -0.1) is 11.8 Å². The number of carbonyl (C=O) groups is 2. The van der Waals surface area contributed by atoms with Gasteiger partial charge in [0.1, 0.15) is 0 Å². The maximum atomic E-state index is 11.2. The van der Waals surface area contributed by atoms with Gasteiger partial charge in [0.25, 0.3) is 0 Å². The lowest BCUT2D eigenvalue weighted by Gasteiger charge is -2.15. The van der Waals surface area contributed by atoms with E-state index < -0.39 is 5.97 Å². The second kappa shape index (κ2) is 6.77. The van der Waals surface area contributed by atoms with E-state index in [0.717, 1.165) is 24.7 Å². The van der Waals surface area contributed by atoms with E-state index >= 15 is 0 Å². The Hall–Kier alpha value is -0.710. The van der Waals surface area contributed by atoms with Crippen LogP contribution in [0.1, 0.15) is 13.3 Å². The van der Waals surface area contributed by atoms with Crippen molar-refractivity contribution in [2.24, 2.45) is 0 Å². The number of nitrogens with zero attached hydrogens (tertiary/aromatic N) is 1. The number of rotatable bonds is 6. The standard InChI is InChI=1S/C8H15NO3S/c1-3-4-9(2)7(10)5-13-6-8(11)12/h3-6H2,1-2H3,(H,11,12). The summed E-state index contributed by atoms with van der Waals surface area (Å²) in [6, 6.07) is 0. The number of hydrogen-bond donors (Lipinski definition) is 1. The SMILES string of the molecule is CCCN(C)C(=O)CSCC(=O)O. The first-order valence-corrected chi connectivity index (χ1v) is 5.27. The van der Waals surface area contributed by atoms with Crippen LogP contribution in [0.2, 0.25) is 0 Å². The van der Waals surface area contributed by atoms with Crippen molar-refractivity contribution in [3.05, 3.63) is 0 Å². The van der Waals surface area contributed by atoms with Crippen LogP contribution in [0.3, 0.4) is 0 Å². The molecule has 0 aromatic carbocycles. The minimum atomic E-state index is -0.879. The molecule has 0 spiro atoms. The number of aliphatic carboxylic acids is 1. The number of carboxylic acids is 1. The average molecular weight is 205 g/mol. The Kier molecular flexibility index (Phi) is 6.40. The summed E-state index contributed by atoms with van der Waals surface area (Å²) in [6.45, 7) is 2.72. The fourth-order valence-electron chi connectivity index (χ4n) is 0.796. The Morgan fingerprint density at radius 1 is 1.38 bits per heavy atom. The van der Waals surface area contributed by atoms with E-state index in [1.165, 1.54) is 0 Å². The summed E-state index contributed by atoms with van der Waals surface area (Å²) in [5.74, 6) is -0.641. The van der Waals surface area contributed by atoms with Crippen molar-refractivity contribution in [2.75, 3.05) is 25.1 Å². The maximum absolute atomic E-state index is 11.2. The first-order valence-electron chi connectivity index (χ1n) is 4.11. The molecule has 0 bridgehead atoms. The van der Waals surface area contributed by atoms with Gasteiger partial charge in [0.15, 0.2) is 0 Å². The molecule has 0 aliphatic carbocycles. The molecule has 0 saturated heterocycles. The summed E-state index contributed by atoms with van der Waals surface area (Å²) in [4.78, 5) is 23.0. The molecule has 4 nitrogen and oxygen atoms in total. The van der Waals surface area contributed by atoms with Gasteiger partial charge in [-0.1, -0.05) is 6.92 Å². The van der Waals surface area contributed by atoms with Gasteiger partial charge in [0.05, 0.1) is 11.5 Å². The Labute approximate surface area is 82.3 Å². The molecule has 1 amide bonds. The summed E-state index contributed by atoms with van der Waals surface area (Å²) in [6.07, 6.45) is 0.922. The van der Waals surface area contributed by atoms with Gasteiger partial charge >= 0.3 is 5.97 Å². The van der Waals surface area contributed by atoms with Crippen molar-refractivity contribution in [3.63, 3.8) is 0 Å². The molecule has 0 atom stereocenters. The Bertz CT molecular complexity index is 184. The third-order valence-corrected chi connectivity index (χ3v) is 2.34. The third-order valence-electron chi connectivity index (χ3n) is 1.44. The second-order valence-corrected chi connectivity index (χ2v) is 3.69. The highest BCUT2D eigenvalue weighted by Crippen LogP contribution is 2.01. The molecule has 0 rings (SSSR count). The van der Waals surface area contributed by atoms with Gasteiger partial charge < -0.3 is 10.0 Å². The zero-order valence-electron chi connectivity index (χ0n) is 7.95. The van der Waals surface area contributed by atoms with Crippen LogP contribution in [0.25, 0.3) is 0 Å². The molecule has 0 aromatic rings. The van der Waals surface area contributed by atoms with Crippen molar-refractivity contribution in [1.82, 2.24) is 4.90 Å². The molecule has 5 heteroatoms. The zero-order valence-corrected chi connectivity index (χ0v) is 8.76. The van der Waals surface area contributed by atoms with E-state index in [-0.39, 0.29) is 17.4 Å². The fraction of sp³-hybridized carbons (Fsp3) is 0.750. The van der Waals surface area contributed by atoms with Crippen LogP contribution in [0.5, 0.6) is 0 Å². The van der Waals surface area contributed by atoms with Crippen molar-refractivity contribution in [2.45, 2.75) is 13.3 Å². The molecule has 0 aliphatic rings.